The zero-order valence-corrected chi connectivity index (χ0v) is 7.26. The van der Waals surface area contributed by atoms with Crippen LogP contribution in [0.5, 0.6) is 6.01 Å². The number of nitro benzene ring substituents is 1. The molecule has 0 bridgehead atoms. The fraction of sp³-hybridized carbons (Fsp3) is 0. The molecule has 0 aliphatic heterocycles. The SMILES string of the molecule is O=c1[nH]c([O-])nc2cc([N+](=O)[O-])ccc12. The van der Waals surface area contributed by atoms with E-state index in [9.17, 15) is 20.0 Å². The lowest BCUT2D eigenvalue weighted by Gasteiger charge is -2.04. The van der Waals surface area contributed by atoms with Gasteiger partial charge in [-0.2, -0.15) is 0 Å². The van der Waals surface area contributed by atoms with Gasteiger partial charge in [-0.05, 0) is 6.07 Å². The van der Waals surface area contributed by atoms with E-state index in [4.69, 9.17) is 0 Å². The molecule has 0 aliphatic rings. The predicted octanol–water partition coefficient (Wildman–Crippen LogP) is -0.0951. The van der Waals surface area contributed by atoms with Crippen molar-refractivity contribution in [2.75, 3.05) is 0 Å². The Balaban J connectivity index is 2.82. The van der Waals surface area contributed by atoms with Gasteiger partial charge in [0.2, 0.25) is 0 Å². The van der Waals surface area contributed by atoms with E-state index >= 15 is 0 Å². The highest BCUT2D eigenvalue weighted by molar-refractivity contribution is 5.80. The third-order valence-corrected chi connectivity index (χ3v) is 1.88. The van der Waals surface area contributed by atoms with Crippen LogP contribution < -0.4 is 10.7 Å². The Hall–Kier alpha value is -2.44. The number of aromatic amines is 1. The smallest absolute Gasteiger partial charge is 0.271 e. The lowest BCUT2D eigenvalue weighted by atomic mass is 10.2. The van der Waals surface area contributed by atoms with Crippen LogP contribution in [0.4, 0.5) is 5.69 Å². The van der Waals surface area contributed by atoms with Crippen molar-refractivity contribution in [2.45, 2.75) is 0 Å². The number of nitrogens with zero attached hydrogens (tertiary/aromatic N) is 2. The minimum Gasteiger partial charge on any atom is -0.846 e. The molecule has 0 saturated carbocycles. The summed E-state index contributed by atoms with van der Waals surface area (Å²) in [6.45, 7) is 0. The van der Waals surface area contributed by atoms with Crippen LogP contribution >= 0.6 is 0 Å². The molecule has 0 fully saturated rings. The first-order valence-electron chi connectivity index (χ1n) is 3.93. The number of aromatic nitrogens is 2. The molecule has 7 heteroatoms. The topological polar surface area (TPSA) is 112 Å². The van der Waals surface area contributed by atoms with Crippen molar-refractivity contribution in [2.24, 2.45) is 0 Å². The third kappa shape index (κ3) is 1.50. The van der Waals surface area contributed by atoms with Gasteiger partial charge < -0.3 is 10.1 Å². The first-order valence-corrected chi connectivity index (χ1v) is 3.93. The Morgan fingerprint density at radius 2 is 2.13 bits per heavy atom. The largest absolute Gasteiger partial charge is 0.846 e. The number of nitrogens with one attached hydrogen (secondary N) is 1. The normalized spacial score (nSPS) is 10.4. The number of hydrogen-bond donors (Lipinski definition) is 1. The molecule has 0 atom stereocenters. The molecular weight excluding hydrogens is 202 g/mol. The molecular formula is C8H4N3O4-. The molecule has 7 nitrogen and oxygen atoms in total. The van der Waals surface area contributed by atoms with Gasteiger partial charge in [0.1, 0.15) is 0 Å². The average Bonchev–Trinajstić information content (AvgIpc) is 2.16. The number of rotatable bonds is 1. The minimum absolute atomic E-state index is 0.0259. The van der Waals surface area contributed by atoms with Gasteiger partial charge in [-0.15, -0.1) is 0 Å². The summed E-state index contributed by atoms with van der Waals surface area (Å²) in [6, 6.07) is 2.72. The number of non-ortho nitro benzene ring substituents is 1. The highest BCUT2D eigenvalue weighted by Gasteiger charge is 2.08. The van der Waals surface area contributed by atoms with Gasteiger partial charge in [0.25, 0.3) is 11.2 Å². The summed E-state index contributed by atoms with van der Waals surface area (Å²) >= 11 is 0. The van der Waals surface area contributed by atoms with Crippen molar-refractivity contribution in [1.29, 1.82) is 0 Å². The molecule has 1 aromatic heterocycles. The van der Waals surface area contributed by atoms with E-state index in [1.165, 1.54) is 12.1 Å². The third-order valence-electron chi connectivity index (χ3n) is 1.88. The van der Waals surface area contributed by atoms with E-state index in [-0.39, 0.29) is 16.6 Å². The van der Waals surface area contributed by atoms with Crippen molar-refractivity contribution < 1.29 is 10.0 Å². The molecule has 1 N–H and O–H groups in total. The standard InChI is InChI=1S/C8H5N3O4/c12-7-5-2-1-4(11(14)15)3-6(5)9-8(13)10-7/h1-3H,(H2,9,10,12,13)/p-1. The first-order chi connectivity index (χ1) is 7.08. The second-order valence-electron chi connectivity index (χ2n) is 2.83. The molecule has 0 unspecified atom stereocenters. The summed E-state index contributed by atoms with van der Waals surface area (Å²) in [5.41, 5.74) is -0.780. The van der Waals surface area contributed by atoms with Gasteiger partial charge in [0.15, 0.2) is 0 Å². The Kier molecular flexibility index (Phi) is 1.86. The van der Waals surface area contributed by atoms with Crippen molar-refractivity contribution in [3.05, 3.63) is 38.7 Å². The van der Waals surface area contributed by atoms with E-state index in [1.807, 2.05) is 4.98 Å². The Morgan fingerprint density at radius 1 is 1.40 bits per heavy atom. The number of benzene rings is 1. The molecule has 1 heterocycles. The van der Waals surface area contributed by atoms with Crippen LogP contribution in [0.2, 0.25) is 0 Å². The molecule has 2 rings (SSSR count). The van der Waals surface area contributed by atoms with Crippen LogP contribution in [0.3, 0.4) is 0 Å². The number of H-pyrrole nitrogens is 1. The average molecular weight is 206 g/mol. The molecule has 0 amide bonds. The summed E-state index contributed by atoms with van der Waals surface area (Å²) in [4.78, 5) is 26.5. The van der Waals surface area contributed by atoms with Crippen molar-refractivity contribution in [3.63, 3.8) is 0 Å². The highest BCUT2D eigenvalue weighted by Crippen LogP contribution is 2.16. The van der Waals surface area contributed by atoms with E-state index in [0.717, 1.165) is 6.07 Å². The van der Waals surface area contributed by atoms with Gasteiger partial charge >= 0.3 is 0 Å². The molecule has 0 radical (unpaired) electrons. The van der Waals surface area contributed by atoms with Gasteiger partial charge in [-0.1, -0.05) is 0 Å². The van der Waals surface area contributed by atoms with E-state index < -0.39 is 16.5 Å². The zero-order chi connectivity index (χ0) is 11.0. The quantitative estimate of drug-likeness (QED) is 0.517. The highest BCUT2D eigenvalue weighted by atomic mass is 16.6. The number of nitro groups is 1. The first kappa shape index (κ1) is 9.13. The van der Waals surface area contributed by atoms with Crippen molar-refractivity contribution in [1.82, 2.24) is 9.97 Å². The zero-order valence-electron chi connectivity index (χ0n) is 7.26. The van der Waals surface area contributed by atoms with Crippen molar-refractivity contribution in [3.8, 4) is 6.01 Å². The maximum atomic E-state index is 11.2. The minimum atomic E-state index is -0.812. The van der Waals surface area contributed by atoms with Gasteiger partial charge in [-0.3, -0.25) is 14.9 Å². The monoisotopic (exact) mass is 206 g/mol. The Bertz CT molecular complexity index is 604. The van der Waals surface area contributed by atoms with E-state index in [1.54, 1.807) is 0 Å². The summed E-state index contributed by atoms with van der Waals surface area (Å²) < 4.78 is 0. The van der Waals surface area contributed by atoms with Crippen LogP contribution in [-0.2, 0) is 0 Å². The lowest BCUT2D eigenvalue weighted by Crippen LogP contribution is -2.12. The Labute approximate surface area is 82.2 Å². The lowest BCUT2D eigenvalue weighted by molar-refractivity contribution is -0.384. The summed E-state index contributed by atoms with van der Waals surface area (Å²) in [5.74, 6) is 0. The maximum Gasteiger partial charge on any atom is 0.271 e. The molecule has 15 heavy (non-hydrogen) atoms. The number of hydrogen-bond acceptors (Lipinski definition) is 5. The van der Waals surface area contributed by atoms with Gasteiger partial charge in [0.05, 0.1) is 21.8 Å². The maximum absolute atomic E-state index is 11.2. The summed E-state index contributed by atoms with van der Waals surface area (Å²) in [7, 11) is 0. The Morgan fingerprint density at radius 3 is 2.80 bits per heavy atom. The fourth-order valence-corrected chi connectivity index (χ4v) is 1.22. The predicted molar refractivity (Wildman–Crippen MR) is 48.5 cm³/mol. The van der Waals surface area contributed by atoms with E-state index in [0.29, 0.717) is 0 Å². The van der Waals surface area contributed by atoms with Crippen LogP contribution in [0, 0.1) is 10.1 Å². The molecule has 0 spiro atoms. The summed E-state index contributed by atoms with van der Waals surface area (Å²) in [6.07, 6.45) is 0. The molecule has 2 aromatic rings. The summed E-state index contributed by atoms with van der Waals surface area (Å²) in [5, 5.41) is 21.4. The van der Waals surface area contributed by atoms with Crippen LogP contribution in [0.1, 0.15) is 0 Å². The second-order valence-corrected chi connectivity index (χ2v) is 2.83. The van der Waals surface area contributed by atoms with E-state index in [2.05, 4.69) is 4.98 Å². The van der Waals surface area contributed by atoms with Gasteiger partial charge in [0, 0.05) is 12.1 Å². The van der Waals surface area contributed by atoms with Crippen molar-refractivity contribution >= 4 is 16.6 Å². The second kappa shape index (κ2) is 3.05. The van der Waals surface area contributed by atoms with Gasteiger partial charge in [-0.25, -0.2) is 4.98 Å². The molecule has 0 saturated heterocycles. The molecule has 0 aliphatic carbocycles. The molecule has 76 valence electrons. The van der Waals surface area contributed by atoms with Crippen LogP contribution in [0.15, 0.2) is 23.0 Å². The van der Waals surface area contributed by atoms with Crippen LogP contribution in [0.25, 0.3) is 10.9 Å². The molecule has 1 aromatic carbocycles. The number of fused-ring (bicyclic) bond motifs is 1. The fourth-order valence-electron chi connectivity index (χ4n) is 1.22. The van der Waals surface area contributed by atoms with Crippen LogP contribution in [-0.4, -0.2) is 14.9 Å².